The Bertz CT molecular complexity index is 786. The fourth-order valence-electron chi connectivity index (χ4n) is 3.31. The molecule has 0 aliphatic rings. The summed E-state index contributed by atoms with van der Waals surface area (Å²) in [4.78, 5) is 40.5. The second kappa shape index (κ2) is 12.4. The number of aliphatic hydroxyl groups is 1. The molecule has 2 atom stereocenters. The number of aliphatic hydroxyl groups excluding tert-OH is 1. The van der Waals surface area contributed by atoms with E-state index in [-0.39, 0.29) is 30.9 Å². The van der Waals surface area contributed by atoms with E-state index in [0.29, 0.717) is 12.0 Å². The first kappa shape index (κ1) is 28.2. The number of hydrogen-bond donors (Lipinski definition) is 4. The van der Waals surface area contributed by atoms with Crippen LogP contribution in [0.5, 0.6) is 5.75 Å². The molecule has 33 heavy (non-hydrogen) atoms. The van der Waals surface area contributed by atoms with E-state index in [1.165, 1.54) is 17.0 Å². The van der Waals surface area contributed by atoms with Gasteiger partial charge in [0.05, 0.1) is 6.61 Å². The molecule has 1 aromatic carbocycles. The molecule has 0 saturated carbocycles. The molecule has 1 aromatic rings. The first-order valence-corrected chi connectivity index (χ1v) is 11.2. The molecule has 0 aromatic heterocycles. The van der Waals surface area contributed by atoms with Crippen LogP contribution in [0.4, 0.5) is 4.79 Å². The number of rotatable bonds is 10. The first-order valence-electron chi connectivity index (χ1n) is 11.2. The number of alkyl carbamates (subject to hydrolysis) is 1. The lowest BCUT2D eigenvalue weighted by Crippen LogP contribution is -2.54. The van der Waals surface area contributed by atoms with E-state index in [2.05, 4.69) is 10.6 Å². The molecule has 0 aliphatic carbocycles. The van der Waals surface area contributed by atoms with Crippen molar-refractivity contribution in [2.45, 2.75) is 78.6 Å². The van der Waals surface area contributed by atoms with Crippen LogP contribution in [0.2, 0.25) is 0 Å². The van der Waals surface area contributed by atoms with Crippen molar-refractivity contribution in [1.82, 2.24) is 15.5 Å². The normalized spacial score (nSPS) is 13.4. The van der Waals surface area contributed by atoms with Gasteiger partial charge in [0.25, 0.3) is 0 Å². The van der Waals surface area contributed by atoms with E-state index in [0.717, 1.165) is 0 Å². The predicted molar refractivity (Wildman–Crippen MR) is 126 cm³/mol. The second-order valence-electron chi connectivity index (χ2n) is 9.74. The van der Waals surface area contributed by atoms with E-state index in [9.17, 15) is 24.6 Å². The zero-order valence-electron chi connectivity index (χ0n) is 20.7. The molecule has 2 unspecified atom stereocenters. The average Bonchev–Trinajstić information content (AvgIpc) is 2.65. The standard InChI is InChI=1S/C24H39N3O6/c1-15(2)14-19(26-23(32)33-24(5,6)7)22(31)27(12-13-28)20(21(30)25-16(3)4)17-8-10-18(29)11-9-17/h8-11,15-16,19-20,28-29H,12-14H2,1-7H3,(H,25,30)(H,26,32). The maximum absolute atomic E-state index is 13.7. The topological polar surface area (TPSA) is 128 Å². The van der Waals surface area contributed by atoms with Crippen molar-refractivity contribution in [1.29, 1.82) is 0 Å². The Labute approximate surface area is 196 Å². The van der Waals surface area contributed by atoms with Gasteiger partial charge in [-0.05, 0) is 64.7 Å². The molecule has 0 fully saturated rings. The number of carbonyl (C=O) groups excluding carboxylic acids is 3. The minimum Gasteiger partial charge on any atom is -0.508 e. The van der Waals surface area contributed by atoms with Crippen LogP contribution in [-0.2, 0) is 14.3 Å². The molecule has 4 N–H and O–H groups in total. The second-order valence-corrected chi connectivity index (χ2v) is 9.74. The third-order valence-corrected chi connectivity index (χ3v) is 4.52. The fourth-order valence-corrected chi connectivity index (χ4v) is 3.31. The number of nitrogens with one attached hydrogen (secondary N) is 2. The number of phenolic OH excluding ortho intramolecular Hbond substituents is 1. The Hall–Kier alpha value is -2.81. The first-order chi connectivity index (χ1) is 15.2. The number of nitrogens with zero attached hydrogens (tertiary/aromatic N) is 1. The minimum absolute atomic E-state index is 0.0195. The summed E-state index contributed by atoms with van der Waals surface area (Å²) in [6, 6.07) is 3.75. The minimum atomic E-state index is -1.07. The Morgan fingerprint density at radius 1 is 1.03 bits per heavy atom. The largest absolute Gasteiger partial charge is 0.508 e. The number of phenols is 1. The van der Waals surface area contributed by atoms with Crippen molar-refractivity contribution >= 4 is 17.9 Å². The number of ether oxygens (including phenoxy) is 1. The molecule has 0 aliphatic heterocycles. The summed E-state index contributed by atoms with van der Waals surface area (Å²) in [6.07, 6.45) is -0.424. The molecular weight excluding hydrogens is 426 g/mol. The molecule has 1 rings (SSSR count). The maximum Gasteiger partial charge on any atom is 0.408 e. The van der Waals surface area contributed by atoms with Gasteiger partial charge in [0.2, 0.25) is 11.8 Å². The van der Waals surface area contributed by atoms with Gasteiger partial charge >= 0.3 is 6.09 Å². The SMILES string of the molecule is CC(C)CC(NC(=O)OC(C)(C)C)C(=O)N(CCO)C(C(=O)NC(C)C)c1ccc(O)cc1. The average molecular weight is 466 g/mol. The zero-order chi connectivity index (χ0) is 25.3. The molecule has 0 heterocycles. The van der Waals surface area contributed by atoms with Gasteiger partial charge in [-0.2, -0.15) is 0 Å². The van der Waals surface area contributed by atoms with Crippen LogP contribution in [0.3, 0.4) is 0 Å². The molecule has 0 radical (unpaired) electrons. The van der Waals surface area contributed by atoms with Crippen molar-refractivity contribution < 1.29 is 29.3 Å². The van der Waals surface area contributed by atoms with Gasteiger partial charge < -0.3 is 30.5 Å². The molecule has 3 amide bonds. The molecule has 9 nitrogen and oxygen atoms in total. The van der Waals surface area contributed by atoms with Gasteiger partial charge in [-0.3, -0.25) is 9.59 Å². The van der Waals surface area contributed by atoms with Gasteiger partial charge in [-0.1, -0.05) is 26.0 Å². The van der Waals surface area contributed by atoms with Gasteiger partial charge in [-0.15, -0.1) is 0 Å². The summed E-state index contributed by atoms with van der Waals surface area (Å²) in [5.74, 6) is -0.869. The Morgan fingerprint density at radius 2 is 1.61 bits per heavy atom. The highest BCUT2D eigenvalue weighted by Crippen LogP contribution is 2.25. The van der Waals surface area contributed by atoms with Crippen LogP contribution in [0.1, 0.15) is 66.5 Å². The summed E-state index contributed by atoms with van der Waals surface area (Å²) in [6.45, 7) is 12.1. The van der Waals surface area contributed by atoms with Crippen LogP contribution in [-0.4, -0.2) is 63.9 Å². The van der Waals surface area contributed by atoms with E-state index in [1.807, 2.05) is 13.8 Å². The van der Waals surface area contributed by atoms with Crippen molar-refractivity contribution in [3.63, 3.8) is 0 Å². The van der Waals surface area contributed by atoms with Crippen molar-refractivity contribution in [2.75, 3.05) is 13.2 Å². The lowest BCUT2D eigenvalue weighted by molar-refractivity contribution is -0.143. The highest BCUT2D eigenvalue weighted by Gasteiger charge is 2.36. The van der Waals surface area contributed by atoms with Crippen molar-refractivity contribution in [2.24, 2.45) is 5.92 Å². The van der Waals surface area contributed by atoms with Crippen LogP contribution < -0.4 is 10.6 Å². The summed E-state index contributed by atoms with van der Waals surface area (Å²) < 4.78 is 5.32. The summed E-state index contributed by atoms with van der Waals surface area (Å²) in [7, 11) is 0. The molecule has 0 spiro atoms. The smallest absolute Gasteiger partial charge is 0.408 e. The summed E-state index contributed by atoms with van der Waals surface area (Å²) in [5, 5.41) is 24.8. The Balaban J connectivity index is 3.38. The van der Waals surface area contributed by atoms with Gasteiger partial charge in [0, 0.05) is 12.6 Å². The zero-order valence-corrected chi connectivity index (χ0v) is 20.7. The summed E-state index contributed by atoms with van der Waals surface area (Å²) >= 11 is 0. The number of aromatic hydroxyl groups is 1. The quantitative estimate of drug-likeness (QED) is 0.421. The van der Waals surface area contributed by atoms with Crippen molar-refractivity contribution in [3.8, 4) is 5.75 Å². The van der Waals surface area contributed by atoms with E-state index in [1.54, 1.807) is 46.8 Å². The highest BCUT2D eigenvalue weighted by atomic mass is 16.6. The van der Waals surface area contributed by atoms with Gasteiger partial charge in [-0.25, -0.2) is 4.79 Å². The Morgan fingerprint density at radius 3 is 2.06 bits per heavy atom. The fraction of sp³-hybridized carbons (Fsp3) is 0.625. The third kappa shape index (κ3) is 9.69. The highest BCUT2D eigenvalue weighted by molar-refractivity contribution is 5.92. The maximum atomic E-state index is 13.7. The Kier molecular flexibility index (Phi) is 10.6. The van der Waals surface area contributed by atoms with Crippen LogP contribution >= 0.6 is 0 Å². The number of amides is 3. The van der Waals surface area contributed by atoms with E-state index in [4.69, 9.17) is 4.74 Å². The van der Waals surface area contributed by atoms with Crippen LogP contribution in [0.25, 0.3) is 0 Å². The van der Waals surface area contributed by atoms with Crippen molar-refractivity contribution in [3.05, 3.63) is 29.8 Å². The van der Waals surface area contributed by atoms with E-state index >= 15 is 0 Å². The predicted octanol–water partition coefficient (Wildman–Crippen LogP) is 2.72. The number of hydrogen-bond acceptors (Lipinski definition) is 6. The molecule has 0 saturated heterocycles. The molecule has 186 valence electrons. The lowest BCUT2D eigenvalue weighted by atomic mass is 9.99. The lowest BCUT2D eigenvalue weighted by Gasteiger charge is -2.35. The monoisotopic (exact) mass is 465 g/mol. The summed E-state index contributed by atoms with van der Waals surface area (Å²) in [5.41, 5.74) is -0.278. The van der Waals surface area contributed by atoms with Crippen LogP contribution in [0, 0.1) is 5.92 Å². The number of carbonyl (C=O) groups is 3. The molecule has 0 bridgehead atoms. The molecular formula is C24H39N3O6. The number of benzene rings is 1. The van der Waals surface area contributed by atoms with Gasteiger partial charge in [0.1, 0.15) is 23.4 Å². The van der Waals surface area contributed by atoms with Crippen LogP contribution in [0.15, 0.2) is 24.3 Å². The molecule has 9 heteroatoms. The van der Waals surface area contributed by atoms with E-state index < -0.39 is 35.6 Å². The third-order valence-electron chi connectivity index (χ3n) is 4.52. The van der Waals surface area contributed by atoms with Gasteiger partial charge in [0.15, 0.2) is 0 Å².